The molecule has 1 amide bonds. The number of hydrogen-bond acceptors (Lipinski definition) is 5. The predicted octanol–water partition coefficient (Wildman–Crippen LogP) is 1.86. The van der Waals surface area contributed by atoms with Crippen molar-refractivity contribution < 1.29 is 4.79 Å². The SMILES string of the molecule is CCn1c(=O)c2ccccc2n(CC(=O)N2CCC[C@@H]2c2nnc3n2CCCCC3)c1=O. The highest BCUT2D eigenvalue weighted by atomic mass is 16.2. The number of likely N-dealkylation sites (tertiary alicyclic amines) is 1. The molecule has 0 bridgehead atoms. The maximum absolute atomic E-state index is 13.5. The molecule has 9 heteroatoms. The monoisotopic (exact) mass is 436 g/mol. The molecule has 0 aliphatic carbocycles. The average molecular weight is 437 g/mol. The molecule has 3 aromatic rings. The van der Waals surface area contributed by atoms with Crippen molar-refractivity contribution >= 4 is 16.8 Å². The highest BCUT2D eigenvalue weighted by molar-refractivity contribution is 5.82. The fourth-order valence-electron chi connectivity index (χ4n) is 5.12. The van der Waals surface area contributed by atoms with Gasteiger partial charge in [-0.1, -0.05) is 18.6 Å². The zero-order valence-corrected chi connectivity index (χ0v) is 18.4. The molecule has 2 aromatic heterocycles. The second-order valence-electron chi connectivity index (χ2n) is 8.62. The normalized spacial score (nSPS) is 18.7. The molecule has 4 heterocycles. The maximum atomic E-state index is 13.5. The summed E-state index contributed by atoms with van der Waals surface area (Å²) in [4.78, 5) is 41.0. The number of fused-ring (bicyclic) bond motifs is 2. The van der Waals surface area contributed by atoms with Gasteiger partial charge in [0.05, 0.1) is 16.9 Å². The molecule has 0 unspecified atom stereocenters. The Balaban J connectivity index is 1.50. The van der Waals surface area contributed by atoms with Gasteiger partial charge in [0.25, 0.3) is 5.56 Å². The molecule has 2 aliphatic heterocycles. The van der Waals surface area contributed by atoms with Crippen molar-refractivity contribution in [2.45, 2.75) is 71.1 Å². The molecule has 1 saturated heterocycles. The van der Waals surface area contributed by atoms with Crippen LogP contribution in [0.15, 0.2) is 33.9 Å². The van der Waals surface area contributed by atoms with Gasteiger partial charge in [-0.15, -0.1) is 10.2 Å². The zero-order valence-electron chi connectivity index (χ0n) is 18.4. The van der Waals surface area contributed by atoms with Crippen LogP contribution >= 0.6 is 0 Å². The third kappa shape index (κ3) is 3.36. The van der Waals surface area contributed by atoms with Crippen LogP contribution < -0.4 is 11.2 Å². The highest BCUT2D eigenvalue weighted by Crippen LogP contribution is 2.32. The quantitative estimate of drug-likeness (QED) is 0.622. The number of carbonyl (C=O) groups excluding carboxylic acids is 1. The molecule has 1 fully saturated rings. The van der Waals surface area contributed by atoms with E-state index < -0.39 is 5.69 Å². The Kier molecular flexibility index (Phi) is 5.40. The number of hydrogen-bond donors (Lipinski definition) is 0. The second-order valence-corrected chi connectivity index (χ2v) is 8.62. The molecule has 5 rings (SSSR count). The molecule has 2 aliphatic rings. The van der Waals surface area contributed by atoms with E-state index in [-0.39, 0.29) is 30.6 Å². The molecule has 32 heavy (non-hydrogen) atoms. The third-order valence-electron chi connectivity index (χ3n) is 6.75. The molecular weight excluding hydrogens is 408 g/mol. The van der Waals surface area contributed by atoms with E-state index in [2.05, 4.69) is 14.8 Å². The minimum Gasteiger partial charge on any atom is -0.331 e. The Morgan fingerprint density at radius 3 is 2.72 bits per heavy atom. The Morgan fingerprint density at radius 1 is 1.03 bits per heavy atom. The molecule has 0 radical (unpaired) electrons. The minimum atomic E-state index is -0.448. The number of amides is 1. The molecule has 9 nitrogen and oxygen atoms in total. The fourth-order valence-corrected chi connectivity index (χ4v) is 5.12. The summed E-state index contributed by atoms with van der Waals surface area (Å²) in [7, 11) is 0. The lowest BCUT2D eigenvalue weighted by Crippen LogP contribution is -2.43. The average Bonchev–Trinajstić information content (AvgIpc) is 3.37. The topological polar surface area (TPSA) is 95.0 Å². The third-order valence-corrected chi connectivity index (χ3v) is 6.75. The number of benzene rings is 1. The van der Waals surface area contributed by atoms with Crippen molar-refractivity contribution in [2.75, 3.05) is 6.54 Å². The van der Waals surface area contributed by atoms with Crippen LogP contribution in [0.1, 0.15) is 56.7 Å². The van der Waals surface area contributed by atoms with E-state index in [4.69, 9.17) is 0 Å². The van der Waals surface area contributed by atoms with Gasteiger partial charge in [-0.2, -0.15) is 0 Å². The lowest BCUT2D eigenvalue weighted by molar-refractivity contribution is -0.133. The molecule has 0 spiro atoms. The van der Waals surface area contributed by atoms with E-state index in [9.17, 15) is 14.4 Å². The zero-order chi connectivity index (χ0) is 22.2. The summed E-state index contributed by atoms with van der Waals surface area (Å²) in [6.45, 7) is 3.44. The van der Waals surface area contributed by atoms with Gasteiger partial charge in [0.1, 0.15) is 12.4 Å². The van der Waals surface area contributed by atoms with Crippen molar-refractivity contribution in [1.29, 1.82) is 0 Å². The number of aromatic nitrogens is 5. The summed E-state index contributed by atoms with van der Waals surface area (Å²) in [5.41, 5.74) is -0.272. The summed E-state index contributed by atoms with van der Waals surface area (Å²) in [5.74, 6) is 1.74. The van der Waals surface area contributed by atoms with Crippen molar-refractivity contribution in [2.24, 2.45) is 0 Å². The van der Waals surface area contributed by atoms with E-state index in [1.165, 1.54) is 15.6 Å². The lowest BCUT2D eigenvalue weighted by Gasteiger charge is -2.25. The first-order chi connectivity index (χ1) is 15.6. The first-order valence-corrected chi connectivity index (χ1v) is 11.5. The smallest absolute Gasteiger partial charge is 0.331 e. The minimum absolute atomic E-state index is 0.100. The van der Waals surface area contributed by atoms with Gasteiger partial charge in [-0.05, 0) is 44.7 Å². The number of carbonyl (C=O) groups is 1. The Hall–Kier alpha value is -3.23. The Bertz CT molecular complexity index is 1290. The van der Waals surface area contributed by atoms with Gasteiger partial charge in [-0.3, -0.25) is 18.7 Å². The molecule has 0 saturated carbocycles. The van der Waals surface area contributed by atoms with Crippen molar-refractivity contribution in [3.8, 4) is 0 Å². The first-order valence-electron chi connectivity index (χ1n) is 11.5. The standard InChI is InChI=1S/C23H28N6O3/c1-2-26-22(31)16-9-5-6-10-17(16)29(23(26)32)15-20(30)27-14-8-11-18(27)21-25-24-19-12-4-3-7-13-28(19)21/h5-6,9-10,18H,2-4,7-8,11-15H2,1H3/t18-/m1/s1. The van der Waals surface area contributed by atoms with Crippen molar-refractivity contribution in [1.82, 2.24) is 28.8 Å². The lowest BCUT2D eigenvalue weighted by atomic mass is 10.2. The highest BCUT2D eigenvalue weighted by Gasteiger charge is 2.34. The summed E-state index contributed by atoms with van der Waals surface area (Å²) < 4.78 is 4.82. The largest absolute Gasteiger partial charge is 0.331 e. The summed E-state index contributed by atoms with van der Waals surface area (Å²) in [5, 5.41) is 9.33. The number of nitrogens with zero attached hydrogens (tertiary/aromatic N) is 6. The van der Waals surface area contributed by atoms with E-state index in [0.717, 1.165) is 50.3 Å². The molecule has 1 atom stereocenters. The summed E-state index contributed by atoms with van der Waals surface area (Å²) in [6, 6.07) is 6.86. The van der Waals surface area contributed by atoms with Crippen LogP contribution in [0.2, 0.25) is 0 Å². The van der Waals surface area contributed by atoms with Gasteiger partial charge in [-0.25, -0.2) is 4.79 Å². The van der Waals surface area contributed by atoms with E-state index in [1.807, 2.05) is 4.90 Å². The van der Waals surface area contributed by atoms with Crippen molar-refractivity contribution in [3.63, 3.8) is 0 Å². The van der Waals surface area contributed by atoms with Gasteiger partial charge < -0.3 is 9.47 Å². The molecule has 168 valence electrons. The summed E-state index contributed by atoms with van der Waals surface area (Å²) >= 11 is 0. The predicted molar refractivity (Wildman–Crippen MR) is 119 cm³/mol. The van der Waals surface area contributed by atoms with E-state index >= 15 is 0 Å². The van der Waals surface area contributed by atoms with Gasteiger partial charge in [0, 0.05) is 26.1 Å². The van der Waals surface area contributed by atoms with Crippen LogP contribution in [-0.2, 0) is 30.8 Å². The molecule has 1 aromatic carbocycles. The number of aryl methyl sites for hydroxylation is 1. The maximum Gasteiger partial charge on any atom is 0.331 e. The van der Waals surface area contributed by atoms with E-state index in [0.29, 0.717) is 17.4 Å². The molecular formula is C23H28N6O3. The van der Waals surface area contributed by atoms with Crippen LogP contribution in [0.3, 0.4) is 0 Å². The fraction of sp³-hybridized carbons (Fsp3) is 0.522. The summed E-state index contributed by atoms with van der Waals surface area (Å²) in [6.07, 6.45) is 6.05. The van der Waals surface area contributed by atoms with Crippen LogP contribution in [0, 0.1) is 0 Å². The number of rotatable bonds is 4. The van der Waals surface area contributed by atoms with Crippen LogP contribution in [0.4, 0.5) is 0 Å². The van der Waals surface area contributed by atoms with Crippen molar-refractivity contribution in [3.05, 3.63) is 56.8 Å². The van der Waals surface area contributed by atoms with Gasteiger partial charge in [0.15, 0.2) is 5.82 Å². The van der Waals surface area contributed by atoms with Crippen LogP contribution in [-0.4, -0.2) is 41.3 Å². The molecule has 0 N–H and O–H groups in total. The van der Waals surface area contributed by atoms with Gasteiger partial charge in [0.2, 0.25) is 5.91 Å². The Morgan fingerprint density at radius 2 is 1.88 bits per heavy atom. The Labute approximate surface area is 185 Å². The first kappa shape index (κ1) is 20.7. The second kappa shape index (κ2) is 8.37. The van der Waals surface area contributed by atoms with Gasteiger partial charge >= 0.3 is 5.69 Å². The van der Waals surface area contributed by atoms with E-state index in [1.54, 1.807) is 31.2 Å². The van der Waals surface area contributed by atoms with Crippen LogP contribution in [0.25, 0.3) is 10.9 Å². The number of para-hydroxylation sites is 1. The van der Waals surface area contributed by atoms with Crippen LogP contribution in [0.5, 0.6) is 0 Å².